The van der Waals surface area contributed by atoms with Crippen LogP contribution in [0.4, 0.5) is 0 Å². The minimum atomic E-state index is 0.0550. The van der Waals surface area contributed by atoms with Crippen molar-refractivity contribution in [2.75, 3.05) is 7.11 Å². The van der Waals surface area contributed by atoms with Crippen molar-refractivity contribution in [2.24, 2.45) is 0 Å². The molecule has 0 aliphatic heterocycles. The predicted octanol–water partition coefficient (Wildman–Crippen LogP) is 4.82. The van der Waals surface area contributed by atoms with Crippen molar-refractivity contribution in [2.45, 2.75) is 12.8 Å². The lowest BCUT2D eigenvalue weighted by Gasteiger charge is -2.04. The van der Waals surface area contributed by atoms with Gasteiger partial charge in [0.05, 0.1) is 17.2 Å². The SMILES string of the molecule is COc1ccc(CCC(=O)c2ccc(Cl)c(Cl)c2)cc1. The zero-order chi connectivity index (χ0) is 14.5. The van der Waals surface area contributed by atoms with E-state index in [-0.39, 0.29) is 5.78 Å². The number of carbonyl (C=O) groups excluding carboxylic acids is 1. The summed E-state index contributed by atoms with van der Waals surface area (Å²) >= 11 is 11.7. The fourth-order valence-corrected chi connectivity index (χ4v) is 2.16. The van der Waals surface area contributed by atoms with Gasteiger partial charge in [0.2, 0.25) is 0 Å². The highest BCUT2D eigenvalue weighted by Crippen LogP contribution is 2.23. The summed E-state index contributed by atoms with van der Waals surface area (Å²) in [6.07, 6.45) is 1.12. The van der Waals surface area contributed by atoms with E-state index in [9.17, 15) is 4.79 Å². The quantitative estimate of drug-likeness (QED) is 0.740. The van der Waals surface area contributed by atoms with Gasteiger partial charge in [0, 0.05) is 12.0 Å². The maximum Gasteiger partial charge on any atom is 0.163 e. The number of ketones is 1. The molecule has 0 atom stereocenters. The molecule has 0 amide bonds. The molecule has 0 saturated carbocycles. The standard InChI is InChI=1S/C16H14Cl2O2/c1-20-13-6-2-11(3-7-13)4-9-16(19)12-5-8-14(17)15(18)10-12/h2-3,5-8,10H,4,9H2,1H3. The van der Waals surface area contributed by atoms with Crippen molar-refractivity contribution >= 4 is 29.0 Å². The molecule has 0 N–H and O–H groups in total. The molecule has 0 aromatic heterocycles. The number of Topliss-reactive ketones (excluding diaryl/α,β-unsaturated/α-hetero) is 1. The molecule has 2 aromatic rings. The predicted molar refractivity (Wildman–Crippen MR) is 82.1 cm³/mol. The molecule has 0 heterocycles. The van der Waals surface area contributed by atoms with E-state index >= 15 is 0 Å². The lowest BCUT2D eigenvalue weighted by atomic mass is 10.0. The summed E-state index contributed by atoms with van der Waals surface area (Å²) in [7, 11) is 1.63. The van der Waals surface area contributed by atoms with Crippen molar-refractivity contribution in [1.82, 2.24) is 0 Å². The summed E-state index contributed by atoms with van der Waals surface area (Å²) in [5.74, 6) is 0.865. The van der Waals surface area contributed by atoms with Gasteiger partial charge < -0.3 is 4.74 Å². The van der Waals surface area contributed by atoms with Crippen LogP contribution in [0.3, 0.4) is 0 Å². The lowest BCUT2D eigenvalue weighted by molar-refractivity contribution is 0.0983. The molecule has 0 spiro atoms. The Balaban J connectivity index is 1.98. The first kappa shape index (κ1) is 14.9. The first-order valence-electron chi connectivity index (χ1n) is 6.21. The number of rotatable bonds is 5. The zero-order valence-electron chi connectivity index (χ0n) is 11.0. The van der Waals surface area contributed by atoms with Gasteiger partial charge in [0.15, 0.2) is 5.78 Å². The number of aryl methyl sites for hydroxylation is 1. The van der Waals surface area contributed by atoms with Crippen LogP contribution in [-0.4, -0.2) is 12.9 Å². The van der Waals surface area contributed by atoms with Gasteiger partial charge in [0.25, 0.3) is 0 Å². The van der Waals surface area contributed by atoms with Crippen LogP contribution in [-0.2, 0) is 6.42 Å². The molecule has 0 unspecified atom stereocenters. The minimum absolute atomic E-state index is 0.0550. The molecule has 4 heteroatoms. The van der Waals surface area contributed by atoms with E-state index in [1.54, 1.807) is 25.3 Å². The van der Waals surface area contributed by atoms with Crippen LogP contribution < -0.4 is 4.74 Å². The Labute approximate surface area is 128 Å². The van der Waals surface area contributed by atoms with Gasteiger partial charge in [-0.15, -0.1) is 0 Å². The zero-order valence-corrected chi connectivity index (χ0v) is 12.5. The Bertz CT molecular complexity index is 606. The van der Waals surface area contributed by atoms with Crippen LogP contribution >= 0.6 is 23.2 Å². The molecular weight excluding hydrogens is 295 g/mol. The van der Waals surface area contributed by atoms with Gasteiger partial charge in [-0.2, -0.15) is 0 Å². The molecule has 2 rings (SSSR count). The monoisotopic (exact) mass is 308 g/mol. The second-order valence-corrected chi connectivity index (χ2v) is 5.21. The first-order chi connectivity index (χ1) is 9.60. The Morgan fingerprint density at radius 3 is 2.35 bits per heavy atom. The molecule has 2 nitrogen and oxygen atoms in total. The van der Waals surface area contributed by atoms with Gasteiger partial charge >= 0.3 is 0 Å². The molecule has 0 aliphatic rings. The largest absolute Gasteiger partial charge is 0.497 e. The second-order valence-electron chi connectivity index (χ2n) is 4.40. The fraction of sp³-hybridized carbons (Fsp3) is 0.188. The van der Waals surface area contributed by atoms with Crippen LogP contribution in [0.1, 0.15) is 22.3 Å². The molecule has 104 valence electrons. The number of carbonyl (C=O) groups is 1. The Morgan fingerprint density at radius 1 is 1.05 bits per heavy atom. The highest BCUT2D eigenvalue weighted by molar-refractivity contribution is 6.42. The summed E-state index contributed by atoms with van der Waals surface area (Å²) in [5.41, 5.74) is 1.69. The van der Waals surface area contributed by atoms with Crippen molar-refractivity contribution in [3.05, 3.63) is 63.6 Å². The highest BCUT2D eigenvalue weighted by atomic mass is 35.5. The highest BCUT2D eigenvalue weighted by Gasteiger charge is 2.08. The van der Waals surface area contributed by atoms with Crippen LogP contribution in [0.25, 0.3) is 0 Å². The van der Waals surface area contributed by atoms with Crippen molar-refractivity contribution in [1.29, 1.82) is 0 Å². The summed E-state index contributed by atoms with van der Waals surface area (Å²) in [6, 6.07) is 12.6. The summed E-state index contributed by atoms with van der Waals surface area (Å²) in [5, 5.41) is 0.861. The van der Waals surface area contributed by atoms with E-state index < -0.39 is 0 Å². The van der Waals surface area contributed by atoms with E-state index in [1.165, 1.54) is 0 Å². The van der Waals surface area contributed by atoms with Crippen LogP contribution in [0.15, 0.2) is 42.5 Å². The van der Waals surface area contributed by atoms with Crippen molar-refractivity contribution in [3.63, 3.8) is 0 Å². The number of hydrogen-bond acceptors (Lipinski definition) is 2. The molecular formula is C16H14Cl2O2. The maximum atomic E-state index is 12.1. The smallest absolute Gasteiger partial charge is 0.163 e. The third-order valence-electron chi connectivity index (χ3n) is 3.04. The second kappa shape index (κ2) is 6.78. The van der Waals surface area contributed by atoms with E-state index in [4.69, 9.17) is 27.9 Å². The van der Waals surface area contributed by atoms with Crippen molar-refractivity contribution in [3.8, 4) is 5.75 Å². The van der Waals surface area contributed by atoms with Gasteiger partial charge in [-0.3, -0.25) is 4.79 Å². The van der Waals surface area contributed by atoms with Crippen LogP contribution in [0, 0.1) is 0 Å². The molecule has 0 saturated heterocycles. The van der Waals surface area contributed by atoms with Gasteiger partial charge in [-0.05, 0) is 42.3 Å². The summed E-state index contributed by atoms with van der Waals surface area (Å²) in [6.45, 7) is 0. The molecule has 20 heavy (non-hydrogen) atoms. The normalized spacial score (nSPS) is 10.3. The third kappa shape index (κ3) is 3.75. The number of benzene rings is 2. The average molecular weight is 309 g/mol. The minimum Gasteiger partial charge on any atom is -0.497 e. The summed E-state index contributed by atoms with van der Waals surface area (Å²) in [4.78, 5) is 12.1. The molecule has 0 bridgehead atoms. The average Bonchev–Trinajstić information content (AvgIpc) is 2.48. The Hall–Kier alpha value is -1.51. The lowest BCUT2D eigenvalue weighted by Crippen LogP contribution is -2.01. The fourth-order valence-electron chi connectivity index (χ4n) is 1.86. The van der Waals surface area contributed by atoms with Crippen LogP contribution in [0.2, 0.25) is 10.0 Å². The molecule has 0 fully saturated rings. The molecule has 0 aliphatic carbocycles. The Kier molecular flexibility index (Phi) is 5.05. The number of halogens is 2. The third-order valence-corrected chi connectivity index (χ3v) is 3.78. The van der Waals surface area contributed by atoms with E-state index in [0.717, 1.165) is 11.3 Å². The molecule has 0 radical (unpaired) electrons. The Morgan fingerprint density at radius 2 is 1.75 bits per heavy atom. The summed E-state index contributed by atoms with van der Waals surface area (Å²) < 4.78 is 5.09. The number of methoxy groups -OCH3 is 1. The van der Waals surface area contributed by atoms with Gasteiger partial charge in [-0.1, -0.05) is 35.3 Å². The van der Waals surface area contributed by atoms with Gasteiger partial charge in [0.1, 0.15) is 5.75 Å². The van der Waals surface area contributed by atoms with Gasteiger partial charge in [-0.25, -0.2) is 0 Å². The van der Waals surface area contributed by atoms with E-state index in [2.05, 4.69) is 0 Å². The number of hydrogen-bond donors (Lipinski definition) is 0. The van der Waals surface area contributed by atoms with E-state index in [0.29, 0.717) is 28.5 Å². The topological polar surface area (TPSA) is 26.3 Å². The maximum absolute atomic E-state index is 12.1. The van der Waals surface area contributed by atoms with Crippen molar-refractivity contribution < 1.29 is 9.53 Å². The number of ether oxygens (including phenoxy) is 1. The van der Waals surface area contributed by atoms with Crippen LogP contribution in [0.5, 0.6) is 5.75 Å². The molecule has 2 aromatic carbocycles. The van der Waals surface area contributed by atoms with E-state index in [1.807, 2.05) is 24.3 Å². The first-order valence-corrected chi connectivity index (χ1v) is 6.97.